The van der Waals surface area contributed by atoms with Crippen LogP contribution in [-0.4, -0.2) is 0 Å². The van der Waals surface area contributed by atoms with Gasteiger partial charge in [-0.3, -0.25) is 0 Å². The monoisotopic (exact) mass is 755 g/mol. The highest BCUT2D eigenvalue weighted by atomic mass is 15.1. The van der Waals surface area contributed by atoms with E-state index >= 15 is 0 Å². The van der Waals surface area contributed by atoms with Gasteiger partial charge in [0.25, 0.3) is 0 Å². The van der Waals surface area contributed by atoms with Gasteiger partial charge in [-0.1, -0.05) is 191 Å². The molecule has 2 aliphatic carbocycles. The topological polar surface area (TPSA) is 3.24 Å². The minimum atomic E-state index is -0.0887. The van der Waals surface area contributed by atoms with E-state index < -0.39 is 0 Å². The average molecular weight is 756 g/mol. The van der Waals surface area contributed by atoms with E-state index in [0.717, 1.165) is 17.1 Å². The molecule has 11 rings (SSSR count). The maximum absolute atomic E-state index is 2.46. The third-order valence-electron chi connectivity index (χ3n) is 13.3. The molecule has 9 aromatic carbocycles. The molecule has 282 valence electrons. The molecule has 0 amide bonds. The summed E-state index contributed by atoms with van der Waals surface area (Å²) in [6.45, 7) is 9.41. The lowest BCUT2D eigenvalue weighted by molar-refractivity contribution is 0.660. The van der Waals surface area contributed by atoms with Crippen LogP contribution in [0.1, 0.15) is 49.9 Å². The number of nitrogens with zero attached hydrogens (tertiary/aromatic N) is 1. The fraction of sp³-hybridized carbons (Fsp3) is 0.103. The van der Waals surface area contributed by atoms with Crippen LogP contribution in [-0.2, 0) is 10.8 Å². The predicted molar refractivity (Wildman–Crippen MR) is 250 cm³/mol. The Hall–Kier alpha value is -6.96. The van der Waals surface area contributed by atoms with E-state index in [2.05, 4.69) is 233 Å². The van der Waals surface area contributed by atoms with Crippen LogP contribution in [0.15, 0.2) is 200 Å². The summed E-state index contributed by atoms with van der Waals surface area (Å²) in [6, 6.07) is 74.3. The van der Waals surface area contributed by atoms with Gasteiger partial charge in [0.1, 0.15) is 0 Å². The Labute approximate surface area is 347 Å². The van der Waals surface area contributed by atoms with Crippen LogP contribution in [0.4, 0.5) is 17.1 Å². The summed E-state index contributed by atoms with van der Waals surface area (Å²) in [5, 5.41) is 2.50. The van der Waals surface area contributed by atoms with Crippen LogP contribution in [0, 0.1) is 0 Å². The molecule has 0 fully saturated rings. The first-order valence-electron chi connectivity index (χ1n) is 20.8. The number of para-hydroxylation sites is 1. The van der Waals surface area contributed by atoms with Crippen molar-refractivity contribution < 1.29 is 0 Å². The van der Waals surface area contributed by atoms with Crippen molar-refractivity contribution in [1.29, 1.82) is 0 Å². The van der Waals surface area contributed by atoms with Gasteiger partial charge in [-0.2, -0.15) is 0 Å². The average Bonchev–Trinajstić information content (AvgIpc) is 3.66. The van der Waals surface area contributed by atoms with Crippen molar-refractivity contribution in [3.63, 3.8) is 0 Å². The molecule has 0 spiro atoms. The van der Waals surface area contributed by atoms with E-state index in [-0.39, 0.29) is 10.8 Å². The Morgan fingerprint density at radius 1 is 0.322 bits per heavy atom. The molecule has 0 atom stereocenters. The highest BCUT2D eigenvalue weighted by Crippen LogP contribution is 2.54. The van der Waals surface area contributed by atoms with Crippen molar-refractivity contribution in [1.82, 2.24) is 0 Å². The molecule has 1 nitrogen and oxygen atoms in total. The third kappa shape index (κ3) is 5.45. The Kier molecular flexibility index (Phi) is 7.94. The fourth-order valence-corrected chi connectivity index (χ4v) is 10.3. The molecular weight excluding hydrogens is 711 g/mol. The summed E-state index contributed by atoms with van der Waals surface area (Å²) in [4.78, 5) is 2.46. The molecule has 2 aliphatic rings. The molecule has 0 heterocycles. The zero-order chi connectivity index (χ0) is 39.9. The normalized spacial score (nSPS) is 14.0. The molecule has 9 aromatic rings. The summed E-state index contributed by atoms with van der Waals surface area (Å²) < 4.78 is 0. The molecule has 0 N–H and O–H groups in total. The zero-order valence-corrected chi connectivity index (χ0v) is 34.0. The van der Waals surface area contributed by atoms with Crippen molar-refractivity contribution in [3.05, 3.63) is 222 Å². The Balaban J connectivity index is 1.08. The van der Waals surface area contributed by atoms with Gasteiger partial charge in [-0.05, 0) is 119 Å². The standard InChI is InChI=1S/C58H45N/c1-57(2)51-26-10-7-21-46(51)50-37-40(32-35-53(50)57)38-30-33-42(34-31-38)59(43-19-13-18-41(36-43)45-24-14-17-39-16-5-6-20-44(39)45)55-29-12-9-22-47(55)48-25-15-28-54-56(48)49-23-8-11-27-52(49)58(54,3)4/h5-37H,1-4H3. The lowest BCUT2D eigenvalue weighted by atomic mass is 9.82. The smallest absolute Gasteiger partial charge is 0.0540 e. The van der Waals surface area contributed by atoms with Crippen molar-refractivity contribution >= 4 is 27.8 Å². The summed E-state index contributed by atoms with van der Waals surface area (Å²) in [7, 11) is 0. The Morgan fingerprint density at radius 3 is 1.71 bits per heavy atom. The maximum atomic E-state index is 2.46. The lowest BCUT2D eigenvalue weighted by Gasteiger charge is -2.29. The Morgan fingerprint density at radius 2 is 0.881 bits per heavy atom. The highest BCUT2D eigenvalue weighted by Gasteiger charge is 2.37. The number of hydrogen-bond acceptors (Lipinski definition) is 1. The van der Waals surface area contributed by atoms with Crippen LogP contribution in [0.5, 0.6) is 0 Å². The first-order valence-corrected chi connectivity index (χ1v) is 20.8. The second kappa shape index (κ2) is 13.3. The fourth-order valence-electron chi connectivity index (χ4n) is 10.3. The van der Waals surface area contributed by atoms with Crippen LogP contribution in [0.2, 0.25) is 0 Å². The minimum absolute atomic E-state index is 0.0144. The zero-order valence-electron chi connectivity index (χ0n) is 34.0. The van der Waals surface area contributed by atoms with Gasteiger partial charge >= 0.3 is 0 Å². The van der Waals surface area contributed by atoms with Crippen LogP contribution in [0.3, 0.4) is 0 Å². The van der Waals surface area contributed by atoms with Gasteiger partial charge in [0, 0.05) is 27.8 Å². The van der Waals surface area contributed by atoms with Gasteiger partial charge < -0.3 is 4.90 Å². The molecule has 0 saturated heterocycles. The molecule has 1 heteroatoms. The summed E-state index contributed by atoms with van der Waals surface area (Å²) in [5.74, 6) is 0. The van der Waals surface area contributed by atoms with Crippen LogP contribution < -0.4 is 4.90 Å². The van der Waals surface area contributed by atoms with E-state index in [1.165, 1.54) is 88.7 Å². The van der Waals surface area contributed by atoms with Crippen molar-refractivity contribution in [2.75, 3.05) is 4.90 Å². The molecule has 59 heavy (non-hydrogen) atoms. The second-order valence-electron chi connectivity index (χ2n) is 17.3. The predicted octanol–water partition coefficient (Wildman–Crippen LogP) is 15.9. The summed E-state index contributed by atoms with van der Waals surface area (Å²) in [6.07, 6.45) is 0. The van der Waals surface area contributed by atoms with E-state index in [4.69, 9.17) is 0 Å². The number of hydrogen-bond donors (Lipinski definition) is 0. The van der Waals surface area contributed by atoms with Crippen LogP contribution in [0.25, 0.3) is 66.4 Å². The van der Waals surface area contributed by atoms with Crippen molar-refractivity contribution in [2.45, 2.75) is 38.5 Å². The SMILES string of the molecule is CC1(C)c2ccccc2-c2cc(-c3ccc(N(c4cccc(-c5cccc6ccccc56)c4)c4ccccc4-c4cccc5c4-c4ccccc4C5(C)C)cc3)ccc21. The van der Waals surface area contributed by atoms with Crippen LogP contribution >= 0.6 is 0 Å². The second-order valence-corrected chi connectivity index (χ2v) is 17.3. The van der Waals surface area contributed by atoms with E-state index in [0.29, 0.717) is 0 Å². The van der Waals surface area contributed by atoms with E-state index in [9.17, 15) is 0 Å². The summed E-state index contributed by atoms with van der Waals surface area (Å²) >= 11 is 0. The Bertz CT molecular complexity index is 3100. The third-order valence-corrected chi connectivity index (χ3v) is 13.3. The molecule has 0 bridgehead atoms. The molecule has 0 saturated carbocycles. The molecule has 0 aliphatic heterocycles. The number of benzene rings is 9. The molecule has 0 radical (unpaired) electrons. The highest BCUT2D eigenvalue weighted by molar-refractivity contribution is 6.00. The maximum Gasteiger partial charge on any atom is 0.0540 e. The van der Waals surface area contributed by atoms with E-state index in [1.807, 2.05) is 0 Å². The van der Waals surface area contributed by atoms with Gasteiger partial charge in [0.2, 0.25) is 0 Å². The molecular formula is C58H45N. The largest absolute Gasteiger partial charge is 0.310 e. The van der Waals surface area contributed by atoms with E-state index in [1.54, 1.807) is 0 Å². The molecule has 0 aromatic heterocycles. The quantitative estimate of drug-likeness (QED) is 0.163. The number of anilines is 3. The van der Waals surface area contributed by atoms with Gasteiger partial charge in [-0.15, -0.1) is 0 Å². The first-order chi connectivity index (χ1) is 28.8. The van der Waals surface area contributed by atoms with Crippen molar-refractivity contribution in [3.8, 4) is 55.6 Å². The van der Waals surface area contributed by atoms with Gasteiger partial charge in [0.15, 0.2) is 0 Å². The first kappa shape index (κ1) is 35.2. The van der Waals surface area contributed by atoms with Crippen molar-refractivity contribution in [2.24, 2.45) is 0 Å². The minimum Gasteiger partial charge on any atom is -0.310 e. The van der Waals surface area contributed by atoms with Gasteiger partial charge in [-0.25, -0.2) is 0 Å². The number of rotatable bonds is 6. The van der Waals surface area contributed by atoms with Gasteiger partial charge in [0.05, 0.1) is 5.69 Å². The number of fused-ring (bicyclic) bond motifs is 7. The lowest BCUT2D eigenvalue weighted by Crippen LogP contribution is -2.15. The summed E-state index contributed by atoms with van der Waals surface area (Å²) in [5.41, 5.74) is 21.5. The molecule has 0 unspecified atom stereocenters.